The molecule has 0 saturated carbocycles. The molecule has 0 aliphatic rings. The number of anilines is 1. The number of non-ortho nitro benzene ring substituents is 1. The molecule has 0 radical (unpaired) electrons. The van der Waals surface area contributed by atoms with E-state index in [1.165, 1.54) is 12.1 Å². The third kappa shape index (κ3) is 4.52. The highest BCUT2D eigenvalue weighted by Crippen LogP contribution is 2.32. The molecule has 7 nitrogen and oxygen atoms in total. The number of benzene rings is 2. The van der Waals surface area contributed by atoms with E-state index in [0.29, 0.717) is 33.4 Å². The number of carbonyl (C=O) groups is 1. The average Bonchev–Trinajstić information content (AvgIpc) is 3.12. The first-order valence-electron chi connectivity index (χ1n) is 7.99. The Kier molecular flexibility index (Phi) is 5.54. The topological polar surface area (TPSA) is 106 Å². The van der Waals surface area contributed by atoms with E-state index in [-0.39, 0.29) is 24.6 Å². The van der Waals surface area contributed by atoms with E-state index in [1.54, 1.807) is 42.5 Å². The number of aliphatic hydroxyl groups is 1. The molecule has 0 saturated heterocycles. The Morgan fingerprint density at radius 2 is 1.89 bits per heavy atom. The van der Waals surface area contributed by atoms with Crippen molar-refractivity contribution in [2.24, 2.45) is 0 Å². The lowest BCUT2D eigenvalue weighted by Crippen LogP contribution is -2.14. The second kappa shape index (κ2) is 8.03. The van der Waals surface area contributed by atoms with Crippen molar-refractivity contribution < 1.29 is 19.2 Å². The van der Waals surface area contributed by atoms with Gasteiger partial charge >= 0.3 is 0 Å². The molecule has 2 aromatic carbocycles. The molecular weight excluding hydrogens is 372 g/mol. The van der Waals surface area contributed by atoms with Gasteiger partial charge in [0, 0.05) is 23.4 Å². The summed E-state index contributed by atoms with van der Waals surface area (Å²) in [6, 6.07) is 14.1. The maximum absolute atomic E-state index is 12.2. The summed E-state index contributed by atoms with van der Waals surface area (Å²) in [6.07, 6.45) is 0.0748. The fraction of sp³-hybridized carbons (Fsp3) is 0.105. The molecule has 2 N–H and O–H groups in total. The molecule has 1 heterocycles. The highest BCUT2D eigenvalue weighted by atomic mass is 35.5. The number of nitrogens with one attached hydrogen (secondary N) is 1. The quantitative estimate of drug-likeness (QED) is 0.488. The minimum atomic E-state index is -0.490. The fourth-order valence-electron chi connectivity index (χ4n) is 2.53. The SMILES string of the molecule is O=C(Cc1ccc([N+](=O)[O-])cc1)Nc1ccc(Cl)c(-c2ccc(CO)o2)c1. The highest BCUT2D eigenvalue weighted by molar-refractivity contribution is 6.33. The van der Waals surface area contributed by atoms with Crippen LogP contribution in [0.25, 0.3) is 11.3 Å². The molecule has 0 spiro atoms. The first kappa shape index (κ1) is 18.6. The van der Waals surface area contributed by atoms with Crippen LogP contribution in [0, 0.1) is 10.1 Å². The summed E-state index contributed by atoms with van der Waals surface area (Å²) in [6.45, 7) is -0.219. The minimum Gasteiger partial charge on any atom is -0.459 e. The molecule has 1 aromatic heterocycles. The smallest absolute Gasteiger partial charge is 0.269 e. The van der Waals surface area contributed by atoms with Gasteiger partial charge < -0.3 is 14.8 Å². The van der Waals surface area contributed by atoms with Crippen LogP contribution in [0.1, 0.15) is 11.3 Å². The maximum Gasteiger partial charge on any atom is 0.269 e. The molecule has 138 valence electrons. The van der Waals surface area contributed by atoms with Crippen LogP contribution in [0.15, 0.2) is 59.0 Å². The average molecular weight is 387 g/mol. The molecule has 3 rings (SSSR count). The zero-order chi connectivity index (χ0) is 19.4. The van der Waals surface area contributed by atoms with Crippen molar-refractivity contribution >= 4 is 28.9 Å². The van der Waals surface area contributed by atoms with E-state index in [4.69, 9.17) is 21.1 Å². The highest BCUT2D eigenvalue weighted by Gasteiger charge is 2.12. The zero-order valence-electron chi connectivity index (χ0n) is 14.0. The Balaban J connectivity index is 1.72. The van der Waals surface area contributed by atoms with Crippen molar-refractivity contribution in [1.29, 1.82) is 0 Å². The van der Waals surface area contributed by atoms with Gasteiger partial charge in [-0.05, 0) is 35.9 Å². The van der Waals surface area contributed by atoms with Gasteiger partial charge in [-0.2, -0.15) is 0 Å². The number of nitro groups is 1. The number of carbonyl (C=O) groups excluding carboxylic acids is 1. The molecule has 0 atom stereocenters. The minimum absolute atomic E-state index is 0.0257. The predicted octanol–water partition coefficient (Wildman–Crippen LogP) is 4.18. The van der Waals surface area contributed by atoms with Gasteiger partial charge in [0.1, 0.15) is 18.1 Å². The Morgan fingerprint density at radius 1 is 1.15 bits per heavy atom. The standard InChI is InChI=1S/C19H15ClN2O5/c20-17-7-3-13(10-16(17)18-8-6-15(11-23)27-18)21-19(24)9-12-1-4-14(5-2-12)22(25)26/h1-8,10,23H,9,11H2,(H,21,24). The lowest BCUT2D eigenvalue weighted by atomic mass is 10.1. The Labute approximate surface area is 159 Å². The van der Waals surface area contributed by atoms with E-state index < -0.39 is 4.92 Å². The number of hydrogen-bond donors (Lipinski definition) is 2. The van der Waals surface area contributed by atoms with Gasteiger partial charge in [0.15, 0.2) is 0 Å². The van der Waals surface area contributed by atoms with Crippen LogP contribution in [0.4, 0.5) is 11.4 Å². The third-order valence-corrected chi connectivity index (χ3v) is 4.17. The van der Waals surface area contributed by atoms with Crippen LogP contribution in [0.3, 0.4) is 0 Å². The summed E-state index contributed by atoms with van der Waals surface area (Å²) < 4.78 is 5.48. The number of aliphatic hydroxyl groups excluding tert-OH is 1. The van der Waals surface area contributed by atoms with Crippen molar-refractivity contribution in [1.82, 2.24) is 0 Å². The maximum atomic E-state index is 12.2. The molecule has 8 heteroatoms. The summed E-state index contributed by atoms with van der Waals surface area (Å²) in [4.78, 5) is 22.4. The van der Waals surface area contributed by atoms with E-state index in [2.05, 4.69) is 5.32 Å². The number of nitro benzene ring substituents is 1. The van der Waals surface area contributed by atoms with E-state index in [0.717, 1.165) is 0 Å². The lowest BCUT2D eigenvalue weighted by molar-refractivity contribution is -0.384. The van der Waals surface area contributed by atoms with Crippen LogP contribution in [-0.2, 0) is 17.8 Å². The first-order chi connectivity index (χ1) is 13.0. The van der Waals surface area contributed by atoms with Crippen molar-refractivity contribution in [3.05, 3.63) is 81.1 Å². The first-order valence-corrected chi connectivity index (χ1v) is 8.37. The van der Waals surface area contributed by atoms with E-state index >= 15 is 0 Å². The fourth-order valence-corrected chi connectivity index (χ4v) is 2.74. The Bertz CT molecular complexity index is 982. The van der Waals surface area contributed by atoms with Crippen molar-refractivity contribution in [3.63, 3.8) is 0 Å². The van der Waals surface area contributed by atoms with Crippen LogP contribution >= 0.6 is 11.6 Å². The normalized spacial score (nSPS) is 10.6. The van der Waals surface area contributed by atoms with Gasteiger partial charge in [0.05, 0.1) is 16.4 Å². The largest absolute Gasteiger partial charge is 0.459 e. The number of hydrogen-bond acceptors (Lipinski definition) is 5. The van der Waals surface area contributed by atoms with Crippen LogP contribution in [0.2, 0.25) is 5.02 Å². The molecule has 0 bridgehead atoms. The van der Waals surface area contributed by atoms with Crippen LogP contribution in [-0.4, -0.2) is 15.9 Å². The van der Waals surface area contributed by atoms with Crippen molar-refractivity contribution in [2.45, 2.75) is 13.0 Å². The molecule has 1 amide bonds. The molecule has 0 unspecified atom stereocenters. The lowest BCUT2D eigenvalue weighted by Gasteiger charge is -2.08. The number of halogens is 1. The van der Waals surface area contributed by atoms with Crippen LogP contribution in [0.5, 0.6) is 0 Å². The van der Waals surface area contributed by atoms with E-state index in [9.17, 15) is 14.9 Å². The number of amides is 1. The number of nitrogens with zero attached hydrogens (tertiary/aromatic N) is 1. The zero-order valence-corrected chi connectivity index (χ0v) is 14.8. The number of rotatable bonds is 6. The van der Waals surface area contributed by atoms with E-state index in [1.807, 2.05) is 0 Å². The summed E-state index contributed by atoms with van der Waals surface area (Å²) >= 11 is 6.20. The Hall–Kier alpha value is -3.16. The summed E-state index contributed by atoms with van der Waals surface area (Å²) in [5.41, 5.74) is 1.75. The molecule has 0 aliphatic carbocycles. The van der Waals surface area contributed by atoms with Crippen LogP contribution < -0.4 is 5.32 Å². The summed E-state index contributed by atoms with van der Waals surface area (Å²) in [5.74, 6) is 0.622. The predicted molar refractivity (Wildman–Crippen MR) is 101 cm³/mol. The van der Waals surface area contributed by atoms with Gasteiger partial charge in [-0.15, -0.1) is 0 Å². The summed E-state index contributed by atoms with van der Waals surface area (Å²) in [5, 5.41) is 23.0. The molecule has 0 fully saturated rings. The van der Waals surface area contributed by atoms with Gasteiger partial charge in [0.25, 0.3) is 5.69 Å². The van der Waals surface area contributed by atoms with Crippen molar-refractivity contribution in [2.75, 3.05) is 5.32 Å². The number of furan rings is 1. The van der Waals surface area contributed by atoms with Gasteiger partial charge in [0.2, 0.25) is 5.91 Å². The molecular formula is C19H15ClN2O5. The Morgan fingerprint density at radius 3 is 2.52 bits per heavy atom. The van der Waals surface area contributed by atoms with Crippen molar-refractivity contribution in [3.8, 4) is 11.3 Å². The molecule has 3 aromatic rings. The third-order valence-electron chi connectivity index (χ3n) is 3.84. The van der Waals surface area contributed by atoms with Gasteiger partial charge in [-0.3, -0.25) is 14.9 Å². The van der Waals surface area contributed by atoms with Gasteiger partial charge in [-0.1, -0.05) is 23.7 Å². The second-order valence-corrected chi connectivity index (χ2v) is 6.17. The summed E-state index contributed by atoms with van der Waals surface area (Å²) in [7, 11) is 0. The van der Waals surface area contributed by atoms with Gasteiger partial charge in [-0.25, -0.2) is 0 Å². The monoisotopic (exact) mass is 386 g/mol. The molecule has 0 aliphatic heterocycles. The molecule has 27 heavy (non-hydrogen) atoms. The second-order valence-electron chi connectivity index (χ2n) is 5.77.